The number of carbonyl (C=O) groups excluding carboxylic acids is 2. The summed E-state index contributed by atoms with van der Waals surface area (Å²) >= 11 is 0. The number of carbonyl (C=O) groups is 2. The number of benzene rings is 3. The van der Waals surface area contributed by atoms with Crippen LogP contribution in [0, 0.1) is 16.2 Å². The summed E-state index contributed by atoms with van der Waals surface area (Å²) in [6, 6.07) is 21.0. The maximum Gasteiger partial charge on any atom is 0.410 e. The first-order valence-corrected chi connectivity index (χ1v) is 32.3. The monoisotopic (exact) mass is 1170 g/mol. The van der Waals surface area contributed by atoms with Crippen molar-refractivity contribution in [1.82, 2.24) is 43.4 Å². The Balaban J connectivity index is 0.000000137. The zero-order valence-corrected chi connectivity index (χ0v) is 49.9. The Morgan fingerprint density at radius 2 is 0.938 bits per heavy atom. The highest BCUT2D eigenvalue weighted by Gasteiger charge is 2.61. The number of alkyl carbamates (subject to hydrolysis) is 1. The Hall–Kier alpha value is -5.88. The maximum atomic E-state index is 13.6. The summed E-state index contributed by atoms with van der Waals surface area (Å²) in [4.78, 5) is 40.0. The molecule has 3 saturated carbocycles. The second-order valence-electron chi connectivity index (χ2n) is 24.6. The molecule has 3 aromatic heterocycles. The molecular weight excluding hydrogens is 1090 g/mol. The van der Waals surface area contributed by atoms with Crippen molar-refractivity contribution in [2.75, 3.05) is 52.4 Å². The normalized spacial score (nSPS) is 22.0. The molecule has 3 atom stereocenters. The number of ether oxygens (including phenoxy) is 2. The van der Waals surface area contributed by atoms with Gasteiger partial charge in [-0.2, -0.15) is 12.9 Å². The number of nitrogens with zero attached hydrogens (tertiary/aromatic N) is 7. The van der Waals surface area contributed by atoms with E-state index in [1.165, 1.54) is 4.31 Å². The highest BCUT2D eigenvalue weighted by atomic mass is 32.2. The third-order valence-electron chi connectivity index (χ3n) is 16.7. The molecule has 3 saturated heterocycles. The molecule has 6 aliphatic rings. The molecule has 81 heavy (non-hydrogen) atoms. The van der Waals surface area contributed by atoms with Crippen LogP contribution < -0.4 is 10.6 Å². The fraction of sp³-hybridized carbons (Fsp3) is 0.508. The van der Waals surface area contributed by atoms with E-state index < -0.39 is 47.4 Å². The van der Waals surface area contributed by atoms with Crippen LogP contribution in [0.1, 0.15) is 93.9 Å². The molecule has 2 N–H and O–H groups in total. The number of rotatable bonds is 11. The first-order valence-electron chi connectivity index (χ1n) is 28.0. The molecule has 3 aromatic carbocycles. The van der Waals surface area contributed by atoms with Crippen molar-refractivity contribution in [1.29, 1.82) is 0 Å². The minimum absolute atomic E-state index is 0.162. The third-order valence-corrected chi connectivity index (χ3v) is 22.4. The van der Waals surface area contributed by atoms with Crippen LogP contribution in [0.15, 0.2) is 125 Å². The molecule has 3 spiro atoms. The molecule has 6 heterocycles. The average molecular weight is 1170 g/mol. The van der Waals surface area contributed by atoms with Gasteiger partial charge in [0.05, 0.1) is 26.8 Å². The van der Waals surface area contributed by atoms with E-state index >= 15 is 0 Å². The summed E-state index contributed by atoms with van der Waals surface area (Å²) in [7, 11) is -10.9. The quantitative estimate of drug-likeness (QED) is 0.124. The van der Waals surface area contributed by atoms with Gasteiger partial charge in [-0.25, -0.2) is 34.8 Å². The van der Waals surface area contributed by atoms with Crippen LogP contribution in [-0.2, 0) is 39.5 Å². The van der Waals surface area contributed by atoms with Crippen molar-refractivity contribution < 1.29 is 44.3 Å². The van der Waals surface area contributed by atoms with Gasteiger partial charge >= 0.3 is 12.2 Å². The maximum absolute atomic E-state index is 13.6. The lowest BCUT2D eigenvalue weighted by Crippen LogP contribution is -2.47. The third kappa shape index (κ3) is 11.9. The van der Waals surface area contributed by atoms with Crippen LogP contribution in [-0.4, -0.2) is 152 Å². The summed E-state index contributed by atoms with van der Waals surface area (Å²) in [6.45, 7) is 18.9. The van der Waals surface area contributed by atoms with Crippen molar-refractivity contribution in [3.63, 3.8) is 0 Å². The first kappa shape index (κ1) is 58.3. The Labute approximate surface area is 476 Å². The van der Waals surface area contributed by atoms with Crippen LogP contribution in [0.25, 0.3) is 32.3 Å². The van der Waals surface area contributed by atoms with Crippen LogP contribution in [0.5, 0.6) is 0 Å². The zero-order valence-electron chi connectivity index (χ0n) is 47.5. The number of amides is 2. The van der Waals surface area contributed by atoms with Gasteiger partial charge in [0.25, 0.3) is 0 Å². The smallest absolute Gasteiger partial charge is 0.410 e. The van der Waals surface area contributed by atoms with Gasteiger partial charge < -0.3 is 25.0 Å². The Kier molecular flexibility index (Phi) is 15.6. The van der Waals surface area contributed by atoms with Crippen LogP contribution in [0.2, 0.25) is 0 Å². The van der Waals surface area contributed by atoms with E-state index in [4.69, 9.17) is 9.47 Å². The highest BCUT2D eigenvalue weighted by Crippen LogP contribution is 2.57. The van der Waals surface area contributed by atoms with Gasteiger partial charge in [0.15, 0.2) is 0 Å². The van der Waals surface area contributed by atoms with E-state index in [2.05, 4.69) is 32.5 Å². The molecule has 6 aromatic rings. The van der Waals surface area contributed by atoms with Crippen molar-refractivity contribution in [3.8, 4) is 0 Å². The summed E-state index contributed by atoms with van der Waals surface area (Å²) < 4.78 is 96.0. The largest absolute Gasteiger partial charge is 0.444 e. The van der Waals surface area contributed by atoms with Gasteiger partial charge in [-0.3, -0.25) is 15.0 Å². The van der Waals surface area contributed by atoms with E-state index in [0.717, 1.165) is 66.6 Å². The molecule has 3 aliphatic heterocycles. The molecule has 2 amide bonds. The lowest BCUT2D eigenvalue weighted by Gasteiger charge is -2.33. The van der Waals surface area contributed by atoms with Crippen LogP contribution >= 0.6 is 0 Å². The summed E-state index contributed by atoms with van der Waals surface area (Å²) in [5.74, 6) is 0. The van der Waals surface area contributed by atoms with Crippen molar-refractivity contribution in [2.45, 2.75) is 138 Å². The number of pyridine rings is 3. The van der Waals surface area contributed by atoms with Crippen molar-refractivity contribution in [2.24, 2.45) is 16.2 Å². The number of hydrogen-bond donors (Lipinski definition) is 2. The van der Waals surface area contributed by atoms with E-state index in [-0.39, 0.29) is 58.4 Å². The fourth-order valence-electron chi connectivity index (χ4n) is 12.1. The van der Waals surface area contributed by atoms with E-state index in [9.17, 15) is 34.8 Å². The molecule has 3 aliphatic carbocycles. The van der Waals surface area contributed by atoms with Crippen molar-refractivity contribution in [3.05, 3.63) is 110 Å². The number of nitrogens with one attached hydrogen (secondary N) is 2. The van der Waals surface area contributed by atoms with Crippen molar-refractivity contribution >= 4 is 74.6 Å². The first-order chi connectivity index (χ1) is 38.2. The lowest BCUT2D eigenvalue weighted by atomic mass is 9.99. The van der Waals surface area contributed by atoms with E-state index in [0.29, 0.717) is 53.3 Å². The van der Waals surface area contributed by atoms with Gasteiger partial charge in [-0.15, -0.1) is 0 Å². The topological polar surface area (TPSA) is 231 Å². The summed E-state index contributed by atoms with van der Waals surface area (Å²) in [6.07, 6.45) is 14.9. The Morgan fingerprint density at radius 1 is 0.556 bits per heavy atom. The second kappa shape index (κ2) is 21.7. The molecule has 12 rings (SSSR count). The number of sulfonamides is 3. The summed E-state index contributed by atoms with van der Waals surface area (Å²) in [5, 5.41) is 10.9. The number of hydrogen-bond acceptors (Lipinski definition) is 14. The van der Waals surface area contributed by atoms with Crippen LogP contribution in [0.4, 0.5) is 9.59 Å². The van der Waals surface area contributed by atoms with Gasteiger partial charge in [0.2, 0.25) is 30.1 Å². The predicted molar refractivity (Wildman–Crippen MR) is 310 cm³/mol. The van der Waals surface area contributed by atoms with Gasteiger partial charge in [0.1, 0.15) is 11.2 Å². The second-order valence-corrected chi connectivity index (χ2v) is 30.3. The Bertz CT molecular complexity index is 3690. The highest BCUT2D eigenvalue weighted by molar-refractivity contribution is 7.90. The van der Waals surface area contributed by atoms with Gasteiger partial charge in [-0.1, -0.05) is 43.3 Å². The number of likely N-dealkylation sites (N-methyl/N-ethyl adjacent to an activating group) is 2. The molecule has 22 heteroatoms. The molecule has 0 radical (unpaired) electrons. The molecule has 6 fully saturated rings. The molecular formula is C59H75N9O10S3. The molecule has 0 bridgehead atoms. The zero-order chi connectivity index (χ0) is 58.0. The minimum atomic E-state index is -3.71. The number of fused-ring (bicyclic) bond motifs is 3. The molecule has 3 unspecified atom stereocenters. The van der Waals surface area contributed by atoms with Crippen LogP contribution in [0.3, 0.4) is 0 Å². The predicted octanol–water partition coefficient (Wildman–Crippen LogP) is 8.55. The average Bonchev–Trinajstić information content (AvgIpc) is 4.56. The molecule has 434 valence electrons. The Morgan fingerprint density at radius 3 is 1.32 bits per heavy atom. The number of aromatic nitrogens is 3. The minimum Gasteiger partial charge on any atom is -0.444 e. The fourth-order valence-corrected chi connectivity index (χ4v) is 17.3. The van der Waals surface area contributed by atoms with E-state index in [1.54, 1.807) is 126 Å². The van der Waals surface area contributed by atoms with Gasteiger partial charge in [0, 0.05) is 138 Å². The van der Waals surface area contributed by atoms with Gasteiger partial charge in [-0.05, 0) is 130 Å². The lowest BCUT2D eigenvalue weighted by molar-refractivity contribution is 0.0133. The molecule has 19 nitrogen and oxygen atoms in total. The summed E-state index contributed by atoms with van der Waals surface area (Å²) in [5.41, 5.74) is -1.39. The van der Waals surface area contributed by atoms with E-state index in [1.807, 2.05) is 45.9 Å². The standard InChI is InChI=1S/C22H29N3O4S.C20H25N3O4S.C17H21N3O2S/c1-5-25(20(26)29-21(2,3)4)19-14-24(15-22(19)10-11-22)30(27,28)18-8-6-7-16-13-23-12-9-17(16)18;1-19(2,3)27-18(24)22-17-12-23(13-20(17)8-9-20)28(25,26)16-6-4-5-14-11-21-10-7-15(14)16;1-2-19-16-11-20(12-17(16)7-8-17)23(21,22)15-5-3-4-13-10-18-9-6-14(13)15/h6-9,12-13,19H,5,10-11,14-15H2,1-4H3;4-7,10-11,17H,8-9,12-13H2,1-3H3,(H,22,24);3-6,9-10,16,19H,2,7-8,11-12H2,1H3. The SMILES string of the molecule is CC(C)(C)OC(=O)NC1CN(S(=O)(=O)c2cccc3cnccc23)CC12CC2.CCN(C(=O)OC(C)(C)C)C1CN(S(=O)(=O)c2cccc3cnccc23)CC12CC2.CCNC1CN(S(=O)(=O)c2cccc3cnccc23)CC12CC2.